The third-order valence-electron chi connectivity index (χ3n) is 10.6. The van der Waals surface area contributed by atoms with E-state index in [1.54, 1.807) is 13.2 Å². The van der Waals surface area contributed by atoms with Crippen LogP contribution >= 0.6 is 11.8 Å². The van der Waals surface area contributed by atoms with Gasteiger partial charge in [0.25, 0.3) is 0 Å². The highest BCUT2D eigenvalue weighted by molar-refractivity contribution is 7.99. The number of benzene rings is 2. The predicted octanol–water partition coefficient (Wildman–Crippen LogP) is 7.59. The molecule has 2 aromatic carbocycles. The first-order chi connectivity index (χ1) is 23.5. The van der Waals surface area contributed by atoms with Gasteiger partial charge in [0.05, 0.1) is 24.2 Å². The maximum absolute atomic E-state index is 13.7. The Morgan fingerprint density at radius 1 is 1.16 bits per heavy atom. The zero-order valence-electron chi connectivity index (χ0n) is 30.6. The van der Waals surface area contributed by atoms with E-state index in [0.717, 1.165) is 74.3 Å². The van der Waals surface area contributed by atoms with E-state index >= 15 is 0 Å². The Morgan fingerprint density at radius 2 is 1.94 bits per heavy atom. The van der Waals surface area contributed by atoms with Gasteiger partial charge in [-0.1, -0.05) is 39.8 Å². The first kappa shape index (κ1) is 37.1. The van der Waals surface area contributed by atoms with Gasteiger partial charge in [-0.3, -0.25) is 0 Å². The van der Waals surface area contributed by atoms with Crippen molar-refractivity contribution in [2.75, 3.05) is 46.6 Å². The van der Waals surface area contributed by atoms with Crippen LogP contribution in [0.4, 0.5) is 5.69 Å². The molecule has 1 aliphatic heterocycles. The maximum atomic E-state index is 13.7. The third-order valence-corrected chi connectivity index (χ3v) is 11.7. The van der Waals surface area contributed by atoms with Crippen LogP contribution in [-0.2, 0) is 9.53 Å². The van der Waals surface area contributed by atoms with Crippen molar-refractivity contribution in [1.82, 2.24) is 10.2 Å². The first-order valence-electron chi connectivity index (χ1n) is 18.2. The van der Waals surface area contributed by atoms with Crippen LogP contribution in [-0.4, -0.2) is 74.6 Å². The summed E-state index contributed by atoms with van der Waals surface area (Å²) in [5, 5.41) is 3.22. The molecule has 0 amide bonds. The van der Waals surface area contributed by atoms with E-state index in [-0.39, 0.29) is 29.6 Å². The van der Waals surface area contributed by atoms with Crippen LogP contribution in [0.2, 0.25) is 0 Å². The number of fused-ring (bicyclic) bond motifs is 3. The second kappa shape index (κ2) is 16.7. The summed E-state index contributed by atoms with van der Waals surface area (Å²) in [6, 6.07) is 14.3. The molecular weight excluding hydrogens is 631 g/mol. The fraction of sp³-hybridized carbons (Fsp3) is 0.575. The summed E-state index contributed by atoms with van der Waals surface area (Å²) < 4.78 is 11.7. The van der Waals surface area contributed by atoms with Gasteiger partial charge >= 0.3 is 5.97 Å². The van der Waals surface area contributed by atoms with Gasteiger partial charge < -0.3 is 25.4 Å². The van der Waals surface area contributed by atoms with E-state index in [9.17, 15) is 4.79 Å². The Hall–Kier alpha value is -3.14. The number of rotatable bonds is 15. The lowest BCUT2D eigenvalue weighted by Crippen LogP contribution is -2.54. The molecule has 5 atom stereocenters. The Morgan fingerprint density at radius 3 is 2.69 bits per heavy atom. The molecule has 3 aliphatic rings. The third kappa shape index (κ3) is 8.61. The molecule has 2 aliphatic carbocycles. The number of nitrogens with one attached hydrogen (secondary N) is 1. The zero-order valence-corrected chi connectivity index (χ0v) is 31.4. The first-order valence-corrected chi connectivity index (χ1v) is 19.2. The summed E-state index contributed by atoms with van der Waals surface area (Å²) in [4.78, 5) is 27.6. The molecule has 3 N–H and O–H groups in total. The van der Waals surface area contributed by atoms with Gasteiger partial charge in [0.15, 0.2) is 5.54 Å². The Balaban J connectivity index is 1.43. The number of cyclic esters (lactones) is 1. The fourth-order valence-corrected chi connectivity index (χ4v) is 9.08. The second-order valence-corrected chi connectivity index (χ2v) is 15.9. The summed E-state index contributed by atoms with van der Waals surface area (Å²) in [5.74, 6) is 3.48. The number of ether oxygens (including phenoxy) is 2. The Kier molecular flexibility index (Phi) is 12.7. The van der Waals surface area contributed by atoms with E-state index in [0.29, 0.717) is 29.0 Å². The number of nitrogens with two attached hydrogens (primary N) is 1. The van der Waals surface area contributed by atoms with Gasteiger partial charge in [0.2, 0.25) is 5.90 Å². The molecular formula is C40H57N5O3S. The van der Waals surface area contributed by atoms with Crippen molar-refractivity contribution >= 4 is 35.0 Å². The van der Waals surface area contributed by atoms with Gasteiger partial charge in [0.1, 0.15) is 5.75 Å². The second-order valence-electron chi connectivity index (χ2n) is 14.8. The summed E-state index contributed by atoms with van der Waals surface area (Å²) in [5.41, 5.74) is 9.68. The molecule has 0 radical (unpaired) electrons. The van der Waals surface area contributed by atoms with Gasteiger partial charge in [-0.05, 0) is 150 Å². The number of thioether (sulfide) groups is 1. The number of carbonyl (C=O) groups excluding carboxylic acids is 1. The fourth-order valence-electron chi connectivity index (χ4n) is 8.19. The number of hydrogen-bond acceptors (Lipinski definition) is 9. The lowest BCUT2D eigenvalue weighted by molar-refractivity contribution is -0.147. The monoisotopic (exact) mass is 687 g/mol. The minimum atomic E-state index is -0.860. The van der Waals surface area contributed by atoms with Crippen LogP contribution in [0, 0.1) is 23.7 Å². The number of aliphatic imine (C=N–C) groups is 2. The zero-order chi connectivity index (χ0) is 35.1. The van der Waals surface area contributed by atoms with Gasteiger partial charge in [-0.25, -0.2) is 14.8 Å². The topological polar surface area (TPSA) is 102 Å². The van der Waals surface area contributed by atoms with Gasteiger partial charge in [-0.15, -0.1) is 11.8 Å². The van der Waals surface area contributed by atoms with E-state index < -0.39 is 5.54 Å². The number of hydrogen-bond donors (Lipinski definition) is 2. The van der Waals surface area contributed by atoms with Crippen LogP contribution in [0.5, 0.6) is 5.75 Å². The van der Waals surface area contributed by atoms with Gasteiger partial charge in [-0.2, -0.15) is 0 Å². The Labute approximate surface area is 298 Å². The molecule has 2 fully saturated rings. The van der Waals surface area contributed by atoms with Crippen LogP contribution in [0.3, 0.4) is 0 Å². The molecule has 0 aromatic heterocycles. The van der Waals surface area contributed by atoms with Crippen LogP contribution < -0.4 is 15.8 Å². The van der Waals surface area contributed by atoms with Gasteiger partial charge in [0, 0.05) is 10.5 Å². The maximum Gasteiger partial charge on any atom is 0.341 e. The van der Waals surface area contributed by atoms with E-state index in [2.05, 4.69) is 63.2 Å². The average Bonchev–Trinajstić information content (AvgIpc) is 3.43. The highest BCUT2D eigenvalue weighted by atomic mass is 32.2. The van der Waals surface area contributed by atoms with Crippen molar-refractivity contribution in [1.29, 1.82) is 0 Å². The highest BCUT2D eigenvalue weighted by Gasteiger charge is 2.59. The molecule has 5 rings (SSSR count). The van der Waals surface area contributed by atoms with Crippen LogP contribution in [0.25, 0.3) is 0 Å². The number of nitrogens with zero attached hydrogens (tertiary/aromatic N) is 3. The van der Waals surface area contributed by atoms with Crippen LogP contribution in [0.15, 0.2) is 69.1 Å². The lowest BCUT2D eigenvalue weighted by atomic mass is 9.56. The molecule has 9 heteroatoms. The van der Waals surface area contributed by atoms with Crippen LogP contribution in [0.1, 0.15) is 83.3 Å². The molecule has 1 spiro atoms. The molecule has 0 saturated heterocycles. The number of allylic oxidation sites excluding steroid dienone is 1. The smallest absolute Gasteiger partial charge is 0.341 e. The minimum absolute atomic E-state index is 0.109. The predicted molar refractivity (Wildman–Crippen MR) is 203 cm³/mol. The summed E-state index contributed by atoms with van der Waals surface area (Å²) >= 11 is 1.89. The van der Waals surface area contributed by atoms with Crippen molar-refractivity contribution in [3.8, 4) is 5.75 Å². The summed E-state index contributed by atoms with van der Waals surface area (Å²) in [6.45, 7) is 12.1. The number of esters is 1. The molecule has 1 heterocycles. The van der Waals surface area contributed by atoms with Crippen molar-refractivity contribution < 1.29 is 14.3 Å². The molecule has 2 bridgehead atoms. The quantitative estimate of drug-likeness (QED) is 0.0861. The SMILES string of the molecule is CNCCCN(C)CCCSc1ccc(N=C(/C=C(\N)C2=NC3(C(=O)O2)C(C)CC2CC(C)CC3C2)c2ccccc2OC)c(C(C)C)c1. The van der Waals surface area contributed by atoms with Crippen molar-refractivity contribution in [3.05, 3.63) is 65.4 Å². The molecule has 49 heavy (non-hydrogen) atoms. The van der Waals surface area contributed by atoms with Crippen molar-refractivity contribution in [3.63, 3.8) is 0 Å². The normalized spacial score (nSPS) is 25.7. The highest BCUT2D eigenvalue weighted by Crippen LogP contribution is 2.54. The molecule has 8 nitrogen and oxygen atoms in total. The average molecular weight is 688 g/mol. The number of carbonyl (C=O) groups is 1. The van der Waals surface area contributed by atoms with Crippen molar-refractivity contribution in [2.45, 2.75) is 82.6 Å². The molecule has 266 valence electrons. The molecule has 5 unspecified atom stereocenters. The molecule has 2 aromatic rings. The summed E-state index contributed by atoms with van der Waals surface area (Å²) in [6.07, 6.45) is 8.33. The van der Waals surface area contributed by atoms with Crippen molar-refractivity contribution in [2.24, 2.45) is 39.4 Å². The minimum Gasteiger partial charge on any atom is -0.496 e. The largest absolute Gasteiger partial charge is 0.496 e. The Bertz CT molecular complexity index is 1550. The van der Waals surface area contributed by atoms with E-state index in [4.69, 9.17) is 25.2 Å². The molecule has 2 saturated carbocycles. The lowest BCUT2D eigenvalue weighted by Gasteiger charge is -2.48. The number of para-hydroxylation sites is 1. The number of methoxy groups -OCH3 is 1. The van der Waals surface area contributed by atoms with E-state index in [1.807, 2.05) is 43.1 Å². The van der Waals surface area contributed by atoms with E-state index in [1.165, 1.54) is 11.3 Å². The summed E-state index contributed by atoms with van der Waals surface area (Å²) in [7, 11) is 5.86. The standard InChI is InChI=1S/C40H57N5O3S/c1-26(2)33-24-31(49-19-11-18-45(6)17-10-16-42-5)14-15-35(33)43-36(32-12-8-9-13-37(32)47-7)25-34(41)38-44-40(39(46)48-38)28(4)22-29-20-27(3)21-30(40)23-29/h8-9,12-15,24-30,42H,10-11,16-23,41H2,1-7H3/b34-25-,43-36?.